The summed E-state index contributed by atoms with van der Waals surface area (Å²) in [6.07, 6.45) is 3.62. The number of unbranched alkanes of at least 4 members (excludes halogenated alkanes) is 2. The molecule has 0 aliphatic rings. The van der Waals surface area contributed by atoms with E-state index in [1.54, 1.807) is 47.5 Å². The molecule has 6 rings (SSSR count). The molecule has 0 aliphatic heterocycles. The predicted molar refractivity (Wildman–Crippen MR) is 253 cm³/mol. The number of halogens is 3. The van der Waals surface area contributed by atoms with Gasteiger partial charge in [0.2, 0.25) is 0 Å². The van der Waals surface area contributed by atoms with E-state index in [-0.39, 0.29) is 84.9 Å². The number of aromatic nitrogens is 8. The van der Waals surface area contributed by atoms with Crippen LogP contribution in [0.5, 0.6) is 6.01 Å². The summed E-state index contributed by atoms with van der Waals surface area (Å²) in [7, 11) is 3.26. The quantitative estimate of drug-likeness (QED) is 0.0758. The van der Waals surface area contributed by atoms with E-state index >= 15 is 0 Å². The number of nitrogens with zero attached hydrogens (tertiary/aromatic N) is 8. The van der Waals surface area contributed by atoms with Gasteiger partial charge in [-0.2, -0.15) is 4.98 Å². The minimum Gasteiger partial charge on any atom is -1.00 e. The van der Waals surface area contributed by atoms with Gasteiger partial charge in [0.05, 0.1) is 45.1 Å². The van der Waals surface area contributed by atoms with E-state index in [0.29, 0.717) is 76.5 Å². The van der Waals surface area contributed by atoms with Gasteiger partial charge in [-0.25, -0.2) is 14.6 Å². The molecule has 346 valence electrons. The summed E-state index contributed by atoms with van der Waals surface area (Å²) in [4.78, 5) is 60.3. The number of aryl methyl sites for hydroxylation is 2. The molecule has 64 heavy (non-hydrogen) atoms. The molecule has 16 nitrogen and oxygen atoms in total. The smallest absolute Gasteiger partial charge is 1.00 e. The van der Waals surface area contributed by atoms with E-state index in [2.05, 4.69) is 25.9 Å². The molecule has 4 aromatic heterocycles. The van der Waals surface area contributed by atoms with Crippen LogP contribution in [0.2, 0.25) is 10.0 Å². The Morgan fingerprint density at radius 1 is 0.656 bits per heavy atom. The Balaban J connectivity index is 0.000000385. The molecular formula is C44H60BrCl2N8NaO8. The van der Waals surface area contributed by atoms with Crippen molar-refractivity contribution >= 4 is 61.5 Å². The molecule has 0 saturated carbocycles. The number of imidazole rings is 2. The van der Waals surface area contributed by atoms with Gasteiger partial charge in [-0.3, -0.25) is 32.4 Å². The van der Waals surface area contributed by atoms with Crippen LogP contribution in [-0.2, 0) is 49.7 Å². The van der Waals surface area contributed by atoms with E-state index in [0.717, 1.165) is 36.8 Å². The van der Waals surface area contributed by atoms with Crippen molar-refractivity contribution < 1.29 is 50.3 Å². The van der Waals surface area contributed by atoms with Crippen LogP contribution in [0.4, 0.5) is 0 Å². The number of benzene rings is 2. The molecular weight excluding hydrogens is 942 g/mol. The van der Waals surface area contributed by atoms with Crippen molar-refractivity contribution in [2.45, 2.75) is 106 Å². The summed E-state index contributed by atoms with van der Waals surface area (Å²) in [6, 6.07) is 15.0. The molecule has 6 aromatic rings. The summed E-state index contributed by atoms with van der Waals surface area (Å²) in [5.41, 5.74) is 1.97. The van der Waals surface area contributed by atoms with Crippen LogP contribution in [0, 0.1) is 0 Å². The largest absolute Gasteiger partial charge is 1.00 e. The van der Waals surface area contributed by atoms with Gasteiger partial charge in [0, 0.05) is 37.2 Å². The third-order valence-electron chi connectivity index (χ3n) is 9.67. The minimum atomic E-state index is -0.378. The van der Waals surface area contributed by atoms with Crippen LogP contribution in [0.1, 0.15) is 79.8 Å². The SMILES string of the molecule is CC(C)OCCO.CCCCn1c(=O)c2c(nc(Br)n2Cc2ccc(Cl)cc2)n(C)c1=O.CCCCn1c(=O)c2c(nc(OCCOC(C)C)n2Cc2ccc(Cl)cc2)n(C)c1=O.[H-].[Na+]. The Bertz CT molecular complexity index is 2660. The maximum atomic E-state index is 13.3. The molecule has 1 N–H and O–H groups in total. The van der Waals surface area contributed by atoms with Gasteiger partial charge in [0.1, 0.15) is 6.61 Å². The zero-order valence-corrected chi connectivity index (χ0v) is 43.4. The van der Waals surface area contributed by atoms with Crippen molar-refractivity contribution in [3.05, 3.63) is 116 Å². The third kappa shape index (κ3) is 14.5. The van der Waals surface area contributed by atoms with E-state index < -0.39 is 0 Å². The monoisotopic (exact) mass is 1000 g/mol. The summed E-state index contributed by atoms with van der Waals surface area (Å²) < 4.78 is 25.8. The first-order valence-electron chi connectivity index (χ1n) is 21.1. The van der Waals surface area contributed by atoms with Gasteiger partial charge in [0.25, 0.3) is 17.1 Å². The standard InChI is InChI=1S/C22H29ClN4O4.C17H18BrClN4O2.C5H12O2.Na.H/c1-5-6-11-26-20(28)18-19(25(4)22(26)29)24-21(31-13-12-30-15(2)3)27(18)14-16-7-9-17(23)10-8-16;1-3-4-9-22-15(24)13-14(21(2)17(22)25)20-16(18)23(13)10-11-5-7-12(19)8-6-11;1-5(2)7-4-3-6;;/h7-10,15H,5-6,11-14H2,1-4H3;5-8H,3-4,9-10H2,1-2H3;5-6H,3-4H2,1-2H3;;/q;;;+1;-1. The number of hydrogen-bond acceptors (Lipinski definition) is 10. The second kappa shape index (κ2) is 26.6. The molecule has 0 atom stereocenters. The number of aliphatic hydroxyl groups is 1. The first-order valence-corrected chi connectivity index (χ1v) is 22.6. The summed E-state index contributed by atoms with van der Waals surface area (Å²) in [5, 5.41) is 9.48. The Labute approximate surface area is 414 Å². The van der Waals surface area contributed by atoms with Crippen LogP contribution in [0.15, 0.2) is 72.4 Å². The van der Waals surface area contributed by atoms with Crippen molar-refractivity contribution in [1.29, 1.82) is 0 Å². The fourth-order valence-electron chi connectivity index (χ4n) is 6.37. The first kappa shape index (κ1) is 54.8. The number of hydrogen-bond donors (Lipinski definition) is 1. The van der Waals surface area contributed by atoms with Crippen molar-refractivity contribution in [1.82, 2.24) is 37.4 Å². The molecule has 0 fully saturated rings. The van der Waals surface area contributed by atoms with Crippen molar-refractivity contribution in [2.24, 2.45) is 14.1 Å². The van der Waals surface area contributed by atoms with Gasteiger partial charge in [-0.15, -0.1) is 0 Å². The third-order valence-corrected chi connectivity index (χ3v) is 10.8. The second-order valence-electron chi connectivity index (χ2n) is 15.3. The molecule has 2 aromatic carbocycles. The molecule has 0 unspecified atom stereocenters. The zero-order chi connectivity index (χ0) is 46.4. The molecule has 4 heterocycles. The Morgan fingerprint density at radius 2 is 1.08 bits per heavy atom. The summed E-state index contributed by atoms with van der Waals surface area (Å²) in [6.45, 7) is 14.6. The van der Waals surface area contributed by atoms with Crippen molar-refractivity contribution in [3.8, 4) is 6.01 Å². The average Bonchev–Trinajstić information content (AvgIpc) is 3.78. The second-order valence-corrected chi connectivity index (χ2v) is 16.8. The number of aliphatic hydroxyl groups excluding tert-OH is 1. The van der Waals surface area contributed by atoms with Crippen LogP contribution in [-0.4, -0.2) is 81.1 Å². The molecule has 0 saturated heterocycles. The van der Waals surface area contributed by atoms with Crippen LogP contribution in [0.3, 0.4) is 0 Å². The molecule has 20 heteroatoms. The molecule has 0 radical (unpaired) electrons. The number of fused-ring (bicyclic) bond motifs is 2. The Morgan fingerprint density at radius 3 is 1.50 bits per heavy atom. The van der Waals surface area contributed by atoms with E-state index in [4.69, 9.17) is 42.5 Å². The van der Waals surface area contributed by atoms with Gasteiger partial charge < -0.3 is 25.3 Å². The Hall–Kier alpha value is -3.52. The van der Waals surface area contributed by atoms with Gasteiger partial charge >= 0.3 is 40.9 Å². The van der Waals surface area contributed by atoms with E-state index in [1.165, 1.54) is 18.3 Å². The normalized spacial score (nSPS) is 11.2. The van der Waals surface area contributed by atoms with Crippen LogP contribution < -0.4 is 56.8 Å². The fourth-order valence-corrected chi connectivity index (χ4v) is 7.10. The zero-order valence-electron chi connectivity index (χ0n) is 39.3. The predicted octanol–water partition coefficient (Wildman–Crippen LogP) is 3.88. The Kier molecular flexibility index (Phi) is 22.8. The molecule has 0 amide bonds. The maximum Gasteiger partial charge on any atom is 1.00 e. The van der Waals surface area contributed by atoms with Gasteiger partial charge in [-0.1, -0.05) is 74.2 Å². The molecule has 0 aliphatic carbocycles. The fraction of sp³-hybridized carbons (Fsp3) is 0.500. The van der Waals surface area contributed by atoms with Crippen molar-refractivity contribution in [2.75, 3.05) is 26.4 Å². The number of rotatable bonds is 18. The van der Waals surface area contributed by atoms with Crippen molar-refractivity contribution in [3.63, 3.8) is 0 Å². The summed E-state index contributed by atoms with van der Waals surface area (Å²) >= 11 is 15.4. The van der Waals surface area contributed by atoms with Crippen LogP contribution >= 0.6 is 39.1 Å². The molecule has 0 spiro atoms. The molecule has 0 bridgehead atoms. The maximum absolute atomic E-state index is 13.3. The topological polar surface area (TPSA) is 172 Å². The number of ether oxygens (including phenoxy) is 3. The van der Waals surface area contributed by atoms with Crippen LogP contribution in [0.25, 0.3) is 22.3 Å². The van der Waals surface area contributed by atoms with Gasteiger partial charge in [0.15, 0.2) is 27.1 Å². The van der Waals surface area contributed by atoms with E-state index in [1.807, 2.05) is 65.8 Å². The average molecular weight is 1000 g/mol. The first-order chi connectivity index (χ1) is 30.0. The minimum absolute atomic E-state index is 0. The van der Waals surface area contributed by atoms with Gasteiger partial charge in [-0.05, 0) is 91.9 Å². The summed E-state index contributed by atoms with van der Waals surface area (Å²) in [5.74, 6) is 0. The van der Waals surface area contributed by atoms with E-state index in [9.17, 15) is 19.2 Å².